The molecule has 0 radical (unpaired) electrons. The van der Waals surface area contributed by atoms with Crippen LogP contribution < -0.4 is 0 Å². The average Bonchev–Trinajstić information content (AvgIpc) is 3.20. The van der Waals surface area contributed by atoms with E-state index >= 15 is 0 Å². The maximum atomic E-state index is 11.4. The van der Waals surface area contributed by atoms with Crippen LogP contribution in [-0.2, 0) is 22.9 Å². The summed E-state index contributed by atoms with van der Waals surface area (Å²) in [5.41, 5.74) is 1.19. The molecule has 6 nitrogen and oxygen atoms in total. The van der Waals surface area contributed by atoms with Crippen molar-refractivity contribution in [3.63, 3.8) is 0 Å². The molecule has 1 aromatic carbocycles. The molecule has 0 unspecified atom stereocenters. The molecular formula is C17H24N4O2S2. The molecule has 1 aliphatic rings. The second-order valence-electron chi connectivity index (χ2n) is 6.43. The van der Waals surface area contributed by atoms with Gasteiger partial charge in [-0.3, -0.25) is 4.90 Å². The van der Waals surface area contributed by atoms with Gasteiger partial charge in [0.2, 0.25) is 0 Å². The van der Waals surface area contributed by atoms with Crippen LogP contribution in [0.2, 0.25) is 0 Å². The van der Waals surface area contributed by atoms with Gasteiger partial charge >= 0.3 is 0 Å². The topological polar surface area (TPSA) is 68.1 Å². The third-order valence-corrected chi connectivity index (χ3v) is 6.40. The Morgan fingerprint density at radius 2 is 1.80 bits per heavy atom. The SMILES string of the molecule is CS(=O)(=O)CCSc1nnc(CN2CCCC2)n1Cc1ccccc1. The normalized spacial score (nSPS) is 15.7. The number of thioether (sulfide) groups is 1. The van der Waals surface area contributed by atoms with Crippen molar-refractivity contribution in [2.24, 2.45) is 0 Å². The van der Waals surface area contributed by atoms with Gasteiger partial charge in [0.15, 0.2) is 5.16 Å². The fraction of sp³-hybridized carbons (Fsp3) is 0.529. The van der Waals surface area contributed by atoms with Gasteiger partial charge in [0.25, 0.3) is 0 Å². The van der Waals surface area contributed by atoms with Crippen LogP contribution in [0.1, 0.15) is 24.2 Å². The Morgan fingerprint density at radius 1 is 1.08 bits per heavy atom. The molecule has 0 N–H and O–H groups in total. The van der Waals surface area contributed by atoms with Gasteiger partial charge in [0.05, 0.1) is 18.8 Å². The van der Waals surface area contributed by atoms with Gasteiger partial charge in [0.1, 0.15) is 15.7 Å². The summed E-state index contributed by atoms with van der Waals surface area (Å²) >= 11 is 1.46. The van der Waals surface area contributed by atoms with Gasteiger partial charge in [-0.05, 0) is 31.5 Å². The number of aromatic nitrogens is 3. The number of sulfone groups is 1. The summed E-state index contributed by atoms with van der Waals surface area (Å²) in [7, 11) is -2.96. The van der Waals surface area contributed by atoms with Gasteiger partial charge in [-0.25, -0.2) is 8.42 Å². The zero-order chi connectivity index (χ0) is 17.7. The van der Waals surface area contributed by atoms with Gasteiger partial charge < -0.3 is 4.57 Å². The lowest BCUT2D eigenvalue weighted by Gasteiger charge is -2.16. The molecule has 1 saturated heterocycles. The molecule has 0 bridgehead atoms. The molecule has 0 atom stereocenters. The summed E-state index contributed by atoms with van der Waals surface area (Å²) in [4.78, 5) is 2.40. The molecule has 1 fully saturated rings. The Bertz CT molecular complexity index is 784. The van der Waals surface area contributed by atoms with E-state index in [4.69, 9.17) is 0 Å². The molecule has 0 aliphatic carbocycles. The summed E-state index contributed by atoms with van der Waals surface area (Å²) in [6, 6.07) is 10.2. The zero-order valence-electron chi connectivity index (χ0n) is 14.5. The van der Waals surface area contributed by atoms with Crippen LogP contribution in [-0.4, -0.2) is 58.9 Å². The first-order valence-corrected chi connectivity index (χ1v) is 11.5. The minimum atomic E-state index is -2.96. The summed E-state index contributed by atoms with van der Waals surface area (Å²) in [6.45, 7) is 3.72. The van der Waals surface area contributed by atoms with E-state index in [-0.39, 0.29) is 5.75 Å². The molecule has 0 spiro atoms. The van der Waals surface area contributed by atoms with Crippen molar-refractivity contribution in [1.82, 2.24) is 19.7 Å². The molecule has 8 heteroatoms. The van der Waals surface area contributed by atoms with Crippen LogP contribution in [0.4, 0.5) is 0 Å². The Labute approximate surface area is 153 Å². The molecule has 25 heavy (non-hydrogen) atoms. The predicted octanol–water partition coefficient (Wildman–Crippen LogP) is 2.06. The predicted molar refractivity (Wildman–Crippen MR) is 101 cm³/mol. The minimum absolute atomic E-state index is 0.150. The van der Waals surface area contributed by atoms with E-state index in [0.29, 0.717) is 12.3 Å². The number of hydrogen-bond acceptors (Lipinski definition) is 6. The fourth-order valence-corrected chi connectivity index (χ4v) is 5.04. The van der Waals surface area contributed by atoms with E-state index in [2.05, 4.69) is 31.8 Å². The number of nitrogens with zero attached hydrogens (tertiary/aromatic N) is 4. The Hall–Kier alpha value is -1.38. The Kier molecular flexibility index (Phi) is 6.14. The maximum absolute atomic E-state index is 11.4. The summed E-state index contributed by atoms with van der Waals surface area (Å²) < 4.78 is 24.9. The van der Waals surface area contributed by atoms with E-state index in [1.54, 1.807) is 0 Å². The van der Waals surface area contributed by atoms with Crippen LogP contribution in [0.5, 0.6) is 0 Å². The van der Waals surface area contributed by atoms with Gasteiger partial charge in [-0.1, -0.05) is 42.1 Å². The van der Waals surface area contributed by atoms with Crippen molar-refractivity contribution in [2.75, 3.05) is 30.9 Å². The van der Waals surface area contributed by atoms with Crippen LogP contribution in [0, 0.1) is 0 Å². The van der Waals surface area contributed by atoms with Crippen molar-refractivity contribution in [2.45, 2.75) is 31.1 Å². The Morgan fingerprint density at radius 3 is 2.48 bits per heavy atom. The monoisotopic (exact) mass is 380 g/mol. The summed E-state index contributed by atoms with van der Waals surface area (Å²) in [6.07, 6.45) is 3.74. The van der Waals surface area contributed by atoms with Gasteiger partial charge in [-0.15, -0.1) is 10.2 Å². The van der Waals surface area contributed by atoms with Gasteiger partial charge in [-0.2, -0.15) is 0 Å². The van der Waals surface area contributed by atoms with E-state index in [1.807, 2.05) is 18.2 Å². The van der Waals surface area contributed by atoms with Crippen molar-refractivity contribution in [1.29, 1.82) is 0 Å². The van der Waals surface area contributed by atoms with E-state index < -0.39 is 9.84 Å². The van der Waals surface area contributed by atoms with Crippen LogP contribution >= 0.6 is 11.8 Å². The first-order chi connectivity index (χ1) is 12.0. The molecular weight excluding hydrogens is 356 g/mol. The van der Waals surface area contributed by atoms with E-state index in [1.165, 1.54) is 36.4 Å². The number of likely N-dealkylation sites (tertiary alicyclic amines) is 1. The summed E-state index contributed by atoms with van der Waals surface area (Å²) in [5, 5.41) is 9.51. The molecule has 3 rings (SSSR count). The molecule has 0 amide bonds. The third kappa shape index (κ3) is 5.55. The largest absolute Gasteiger partial charge is 0.300 e. The van der Waals surface area contributed by atoms with Crippen LogP contribution in [0.15, 0.2) is 35.5 Å². The highest BCUT2D eigenvalue weighted by Crippen LogP contribution is 2.21. The fourth-order valence-electron chi connectivity index (χ4n) is 2.89. The molecule has 1 aliphatic heterocycles. The zero-order valence-corrected chi connectivity index (χ0v) is 16.1. The average molecular weight is 381 g/mol. The summed E-state index contributed by atoms with van der Waals surface area (Å²) in [5.74, 6) is 1.60. The number of rotatable bonds is 8. The second-order valence-corrected chi connectivity index (χ2v) is 9.75. The molecule has 1 aromatic heterocycles. The van der Waals surface area contributed by atoms with Crippen molar-refractivity contribution >= 4 is 21.6 Å². The van der Waals surface area contributed by atoms with E-state index in [9.17, 15) is 8.42 Å². The highest BCUT2D eigenvalue weighted by atomic mass is 32.2. The third-order valence-electron chi connectivity index (χ3n) is 4.23. The lowest BCUT2D eigenvalue weighted by Crippen LogP contribution is -2.21. The van der Waals surface area contributed by atoms with Crippen molar-refractivity contribution in [3.05, 3.63) is 41.7 Å². The number of hydrogen-bond donors (Lipinski definition) is 0. The number of benzene rings is 1. The maximum Gasteiger partial charge on any atom is 0.191 e. The first-order valence-electron chi connectivity index (χ1n) is 8.50. The molecule has 2 heterocycles. The van der Waals surface area contributed by atoms with Crippen LogP contribution in [0.3, 0.4) is 0 Å². The molecule has 136 valence electrons. The smallest absolute Gasteiger partial charge is 0.191 e. The molecule has 0 saturated carbocycles. The minimum Gasteiger partial charge on any atom is -0.300 e. The van der Waals surface area contributed by atoms with Gasteiger partial charge in [0, 0.05) is 12.0 Å². The van der Waals surface area contributed by atoms with Crippen LogP contribution in [0.25, 0.3) is 0 Å². The highest BCUT2D eigenvalue weighted by Gasteiger charge is 2.19. The highest BCUT2D eigenvalue weighted by molar-refractivity contribution is 8.00. The second kappa shape index (κ2) is 8.33. The molecule has 2 aromatic rings. The lowest BCUT2D eigenvalue weighted by atomic mass is 10.2. The quantitative estimate of drug-likeness (QED) is 0.653. The van der Waals surface area contributed by atoms with E-state index in [0.717, 1.165) is 30.6 Å². The van der Waals surface area contributed by atoms with Crippen molar-refractivity contribution in [3.8, 4) is 0 Å². The standard InChI is InChI=1S/C17H24N4O2S2/c1-25(22,23)12-11-24-17-19-18-16(14-20-9-5-6-10-20)21(17)13-15-7-3-2-4-8-15/h2-4,7-8H,5-6,9-14H2,1H3. The Balaban J connectivity index is 1.77. The van der Waals surface area contributed by atoms with Crippen molar-refractivity contribution < 1.29 is 8.42 Å². The lowest BCUT2D eigenvalue weighted by molar-refractivity contribution is 0.316. The first kappa shape index (κ1) is 18.4.